The predicted octanol–water partition coefficient (Wildman–Crippen LogP) is 3.22. The van der Waals surface area contributed by atoms with Crippen LogP contribution in [0.25, 0.3) is 11.0 Å². The summed E-state index contributed by atoms with van der Waals surface area (Å²) in [5.74, 6) is 1.05. The highest BCUT2D eigenvalue weighted by Crippen LogP contribution is 2.33. The maximum absolute atomic E-state index is 13.2. The summed E-state index contributed by atoms with van der Waals surface area (Å²) in [5.41, 5.74) is 5.16. The summed E-state index contributed by atoms with van der Waals surface area (Å²) in [5, 5.41) is 3.37. The Morgan fingerprint density at radius 3 is 2.86 bits per heavy atom. The fourth-order valence-electron chi connectivity index (χ4n) is 5.62. The van der Waals surface area contributed by atoms with Gasteiger partial charge in [-0.05, 0) is 62.2 Å². The highest BCUT2D eigenvalue weighted by Gasteiger charge is 2.27. The minimum atomic E-state index is 0.111. The number of fused-ring (bicyclic) bond motifs is 2. The van der Waals surface area contributed by atoms with E-state index in [0.717, 1.165) is 94.2 Å². The highest BCUT2D eigenvalue weighted by molar-refractivity contribution is 5.97. The van der Waals surface area contributed by atoms with Crippen molar-refractivity contribution in [1.82, 2.24) is 35.0 Å². The zero-order valence-corrected chi connectivity index (χ0v) is 21.7. The molecule has 1 amide bonds. The lowest BCUT2D eigenvalue weighted by molar-refractivity contribution is 0.0639. The third kappa shape index (κ3) is 5.45. The number of imidazole rings is 1. The second-order valence-corrected chi connectivity index (χ2v) is 9.92. The van der Waals surface area contributed by atoms with Gasteiger partial charge in [-0.15, -0.1) is 0 Å². The number of piperazine rings is 1. The third-order valence-corrected chi connectivity index (χ3v) is 7.66. The molecule has 192 valence electrons. The van der Waals surface area contributed by atoms with Gasteiger partial charge in [0.25, 0.3) is 5.91 Å². The molecule has 0 radical (unpaired) electrons. The van der Waals surface area contributed by atoms with Crippen LogP contribution in [0.1, 0.15) is 60.2 Å². The number of amides is 1. The zero-order chi connectivity index (χ0) is 24.9. The number of carbonyl (C=O) groups is 1. The fourth-order valence-corrected chi connectivity index (χ4v) is 5.62. The molecular weight excluding hydrogens is 450 g/mol. The Morgan fingerprint density at radius 1 is 1.19 bits per heavy atom. The number of carbonyl (C=O) groups excluding carboxylic acids is 1. The Morgan fingerprint density at radius 2 is 2.06 bits per heavy atom. The Bertz CT molecular complexity index is 1170. The molecule has 36 heavy (non-hydrogen) atoms. The molecule has 1 atom stereocenters. The number of pyridine rings is 1. The predicted molar refractivity (Wildman–Crippen MR) is 143 cm³/mol. The van der Waals surface area contributed by atoms with E-state index in [2.05, 4.69) is 40.0 Å². The van der Waals surface area contributed by atoms with Gasteiger partial charge in [0.15, 0.2) is 0 Å². The first-order valence-corrected chi connectivity index (χ1v) is 13.5. The van der Waals surface area contributed by atoms with E-state index in [4.69, 9.17) is 9.97 Å². The van der Waals surface area contributed by atoms with Gasteiger partial charge in [0, 0.05) is 51.0 Å². The molecule has 2 aromatic heterocycles. The molecule has 8 nitrogen and oxygen atoms in total. The molecule has 2 N–H and O–H groups in total. The van der Waals surface area contributed by atoms with E-state index in [0.29, 0.717) is 6.04 Å². The van der Waals surface area contributed by atoms with E-state index in [1.807, 2.05) is 35.4 Å². The Hall–Kier alpha value is -2.81. The molecule has 0 bridgehead atoms. The third-order valence-electron chi connectivity index (χ3n) is 7.66. The van der Waals surface area contributed by atoms with E-state index in [-0.39, 0.29) is 5.91 Å². The minimum absolute atomic E-state index is 0.111. The molecule has 1 saturated heterocycles. The van der Waals surface area contributed by atoms with Gasteiger partial charge in [0.1, 0.15) is 5.82 Å². The van der Waals surface area contributed by atoms with E-state index >= 15 is 0 Å². The lowest BCUT2D eigenvalue weighted by Crippen LogP contribution is -2.50. The van der Waals surface area contributed by atoms with Gasteiger partial charge in [0.05, 0.1) is 29.3 Å². The first-order chi connectivity index (χ1) is 17.7. The maximum atomic E-state index is 13.2. The smallest absolute Gasteiger partial charge is 0.254 e. The van der Waals surface area contributed by atoms with Crippen molar-refractivity contribution in [2.24, 2.45) is 0 Å². The summed E-state index contributed by atoms with van der Waals surface area (Å²) < 4.78 is 0. The minimum Gasteiger partial charge on any atom is -0.341 e. The molecule has 1 aliphatic carbocycles. The number of nitrogens with one attached hydrogen (secondary N) is 2. The Kier molecular flexibility index (Phi) is 7.94. The largest absolute Gasteiger partial charge is 0.341 e. The van der Waals surface area contributed by atoms with Crippen LogP contribution < -0.4 is 5.32 Å². The summed E-state index contributed by atoms with van der Waals surface area (Å²) in [6.45, 7) is 12.5. The van der Waals surface area contributed by atoms with Crippen LogP contribution in [0.5, 0.6) is 0 Å². The average Bonchev–Trinajstić information content (AvgIpc) is 3.33. The van der Waals surface area contributed by atoms with Gasteiger partial charge >= 0.3 is 0 Å². The van der Waals surface area contributed by atoms with Crippen molar-refractivity contribution in [2.45, 2.75) is 45.7 Å². The van der Waals surface area contributed by atoms with Crippen LogP contribution in [0, 0.1) is 0 Å². The van der Waals surface area contributed by atoms with Crippen LogP contribution >= 0.6 is 0 Å². The first-order valence-electron chi connectivity index (χ1n) is 13.5. The van der Waals surface area contributed by atoms with Crippen LogP contribution in [-0.2, 0) is 13.0 Å². The van der Waals surface area contributed by atoms with Gasteiger partial charge in [0.2, 0.25) is 0 Å². The topological polar surface area (TPSA) is 80.4 Å². The van der Waals surface area contributed by atoms with Crippen molar-refractivity contribution in [2.75, 3.05) is 52.4 Å². The Balaban J connectivity index is 1.25. The molecule has 1 aromatic carbocycles. The van der Waals surface area contributed by atoms with E-state index in [9.17, 15) is 4.79 Å². The summed E-state index contributed by atoms with van der Waals surface area (Å²) in [6, 6.07) is 10.4. The number of hydrogen-bond acceptors (Lipinski definition) is 6. The van der Waals surface area contributed by atoms with Crippen LogP contribution in [0.2, 0.25) is 0 Å². The second kappa shape index (κ2) is 11.5. The average molecular weight is 490 g/mol. The number of aromatic nitrogens is 3. The first kappa shape index (κ1) is 24.9. The zero-order valence-electron chi connectivity index (χ0n) is 21.7. The van der Waals surface area contributed by atoms with Crippen molar-refractivity contribution >= 4 is 16.9 Å². The number of nitrogens with zero attached hydrogens (tertiary/aromatic N) is 5. The van der Waals surface area contributed by atoms with Crippen LogP contribution in [0.4, 0.5) is 0 Å². The van der Waals surface area contributed by atoms with Crippen LogP contribution in [0.3, 0.4) is 0 Å². The van der Waals surface area contributed by atoms with Crippen molar-refractivity contribution in [1.29, 1.82) is 0 Å². The van der Waals surface area contributed by atoms with Gasteiger partial charge in [-0.25, -0.2) is 4.98 Å². The molecule has 5 rings (SSSR count). The number of hydrogen-bond donors (Lipinski definition) is 2. The normalized spacial score (nSPS) is 18.6. The van der Waals surface area contributed by atoms with Crippen molar-refractivity contribution < 1.29 is 4.79 Å². The fraction of sp³-hybridized carbons (Fsp3) is 0.536. The number of benzene rings is 1. The van der Waals surface area contributed by atoms with Crippen molar-refractivity contribution in [3.63, 3.8) is 0 Å². The number of aromatic amines is 1. The van der Waals surface area contributed by atoms with Crippen LogP contribution in [0.15, 0.2) is 36.5 Å². The molecule has 1 aliphatic heterocycles. The molecule has 1 fully saturated rings. The number of aryl methyl sites for hydroxylation is 1. The number of likely N-dealkylation sites (N-methyl/N-ethyl adjacent to an activating group) is 1. The molecule has 8 heteroatoms. The van der Waals surface area contributed by atoms with Gasteiger partial charge in [-0.2, -0.15) is 0 Å². The molecule has 0 saturated carbocycles. The van der Waals surface area contributed by atoms with Crippen LogP contribution in [-0.4, -0.2) is 87.9 Å². The molecule has 0 spiro atoms. The summed E-state index contributed by atoms with van der Waals surface area (Å²) in [6.07, 6.45) is 5.34. The highest BCUT2D eigenvalue weighted by atomic mass is 16.2. The van der Waals surface area contributed by atoms with E-state index < -0.39 is 0 Å². The van der Waals surface area contributed by atoms with Gasteiger partial charge in [-0.1, -0.05) is 19.9 Å². The Labute approximate surface area is 214 Å². The molecule has 1 unspecified atom stereocenters. The monoisotopic (exact) mass is 489 g/mol. The second-order valence-electron chi connectivity index (χ2n) is 9.92. The maximum Gasteiger partial charge on any atom is 0.254 e. The van der Waals surface area contributed by atoms with Gasteiger partial charge < -0.3 is 15.2 Å². The van der Waals surface area contributed by atoms with E-state index in [1.165, 1.54) is 17.7 Å². The van der Waals surface area contributed by atoms with Crippen molar-refractivity contribution in [3.8, 4) is 0 Å². The standard InChI is InChI=1S/C28H39N7O/c1-3-29-13-14-33-15-17-35(18-16-33)28(36)22-10-11-23-24(19-22)32-26(31-23)20-34(4-2)25-9-5-7-21-8-6-12-30-27(21)25/h6,8,10-12,19,25,29H,3-5,7,9,13-18,20H2,1-2H3,(H,31,32). The summed E-state index contributed by atoms with van der Waals surface area (Å²) >= 11 is 0. The SMILES string of the molecule is CCNCCN1CCN(C(=O)c2ccc3nc(CN(CC)C4CCCc5cccnc54)[nH]c3c2)CC1. The summed E-state index contributed by atoms with van der Waals surface area (Å²) in [7, 11) is 0. The van der Waals surface area contributed by atoms with Gasteiger partial charge in [-0.3, -0.25) is 19.6 Å². The summed E-state index contributed by atoms with van der Waals surface area (Å²) in [4.78, 5) is 33.2. The molecule has 3 heterocycles. The van der Waals surface area contributed by atoms with Crippen molar-refractivity contribution in [3.05, 3.63) is 59.2 Å². The molecular formula is C28H39N7O. The number of rotatable bonds is 9. The lowest BCUT2D eigenvalue weighted by atomic mass is 9.91. The quantitative estimate of drug-likeness (QED) is 0.449. The number of H-pyrrole nitrogens is 1. The van der Waals surface area contributed by atoms with E-state index in [1.54, 1.807) is 0 Å². The molecule has 2 aliphatic rings. The lowest BCUT2D eigenvalue weighted by Gasteiger charge is -2.34. The molecule has 3 aromatic rings.